The van der Waals surface area contributed by atoms with Gasteiger partial charge in [-0.2, -0.15) is 4.36 Å². The van der Waals surface area contributed by atoms with Gasteiger partial charge in [0.25, 0.3) is 5.91 Å². The molecule has 27 heavy (non-hydrogen) atoms. The fourth-order valence-electron chi connectivity index (χ4n) is 3.16. The van der Waals surface area contributed by atoms with Crippen LogP contribution in [0.1, 0.15) is 46.1 Å². The van der Waals surface area contributed by atoms with Crippen LogP contribution in [0.5, 0.6) is 0 Å². The third kappa shape index (κ3) is 7.29. The van der Waals surface area contributed by atoms with Gasteiger partial charge in [0.15, 0.2) is 0 Å². The molecule has 1 aliphatic rings. The van der Waals surface area contributed by atoms with E-state index in [-0.39, 0.29) is 29.6 Å². The predicted molar refractivity (Wildman–Crippen MR) is 110 cm³/mol. The first-order valence-electron chi connectivity index (χ1n) is 9.25. The quantitative estimate of drug-likeness (QED) is 0.779. The lowest BCUT2D eigenvalue weighted by Gasteiger charge is -2.22. The van der Waals surface area contributed by atoms with Gasteiger partial charge < -0.3 is 5.32 Å². The van der Waals surface area contributed by atoms with E-state index in [1.165, 1.54) is 0 Å². The van der Waals surface area contributed by atoms with E-state index in [2.05, 4.69) is 21.8 Å². The number of amides is 2. The summed E-state index contributed by atoms with van der Waals surface area (Å²) in [6.07, 6.45) is 4.16. The zero-order valence-electron chi connectivity index (χ0n) is 16.7. The summed E-state index contributed by atoms with van der Waals surface area (Å²) in [7, 11) is -2.66. The first-order chi connectivity index (χ1) is 12.5. The maximum absolute atomic E-state index is 13.3. The molecule has 2 rings (SSSR count). The molecule has 0 radical (unpaired) electrons. The zero-order chi connectivity index (χ0) is 20.1. The van der Waals surface area contributed by atoms with E-state index in [0.29, 0.717) is 18.1 Å². The third-order valence-electron chi connectivity index (χ3n) is 4.35. The van der Waals surface area contributed by atoms with Gasteiger partial charge in [-0.3, -0.25) is 9.59 Å². The van der Waals surface area contributed by atoms with Crippen LogP contribution >= 0.6 is 0 Å². The van der Waals surface area contributed by atoms with Crippen molar-refractivity contribution in [1.82, 2.24) is 5.32 Å². The normalized spacial score (nSPS) is 19.7. The summed E-state index contributed by atoms with van der Waals surface area (Å²) in [6.45, 7) is 8.43. The Balaban J connectivity index is 1.94. The molecule has 0 unspecified atom stereocenters. The van der Waals surface area contributed by atoms with Gasteiger partial charge in [-0.15, -0.1) is 0 Å². The second kappa shape index (κ2) is 8.38. The van der Waals surface area contributed by atoms with Crippen molar-refractivity contribution in [3.05, 3.63) is 48.0 Å². The molecule has 0 saturated heterocycles. The Bertz CT molecular complexity index is 806. The smallest absolute Gasteiger partial charge is 0.254 e. The first-order valence-corrected chi connectivity index (χ1v) is 11.1. The van der Waals surface area contributed by atoms with Crippen LogP contribution in [0.4, 0.5) is 0 Å². The summed E-state index contributed by atoms with van der Waals surface area (Å²) >= 11 is 0. The van der Waals surface area contributed by atoms with Crippen molar-refractivity contribution in [2.45, 2.75) is 47.1 Å². The van der Waals surface area contributed by atoms with Crippen LogP contribution in [0.15, 0.2) is 46.8 Å². The van der Waals surface area contributed by atoms with E-state index in [1.807, 2.05) is 58.0 Å². The Hall–Kier alpha value is -1.95. The number of carbonyl (C=O) groups is 2. The number of hydrogen-bond donors (Lipinski definition) is 1. The summed E-state index contributed by atoms with van der Waals surface area (Å²) in [6, 6.07) is 9.58. The highest BCUT2D eigenvalue weighted by Crippen LogP contribution is 2.33. The Morgan fingerprint density at radius 2 is 1.56 bits per heavy atom. The Morgan fingerprint density at radius 3 is 2.11 bits per heavy atom. The maximum atomic E-state index is 13.3. The lowest BCUT2D eigenvalue weighted by Crippen LogP contribution is -2.27. The minimum absolute atomic E-state index is 0.0219. The zero-order valence-corrected chi connectivity index (χ0v) is 17.5. The highest BCUT2D eigenvalue weighted by molar-refractivity contribution is 7.94. The molecule has 1 heterocycles. The SMILES string of the molecule is CC1(C)C=CC(C)(C)CS(=O)(=NC(=O)CCC(=O)NCc2ccccc2)C1. The molecular formula is C21H30N2O3S. The van der Waals surface area contributed by atoms with Gasteiger partial charge in [0, 0.05) is 30.9 Å². The second-order valence-corrected chi connectivity index (χ2v) is 10.9. The lowest BCUT2D eigenvalue weighted by molar-refractivity contribution is -0.125. The minimum atomic E-state index is -2.66. The number of carbonyl (C=O) groups excluding carboxylic acids is 2. The molecule has 0 fully saturated rings. The van der Waals surface area contributed by atoms with Gasteiger partial charge >= 0.3 is 0 Å². The van der Waals surface area contributed by atoms with E-state index in [9.17, 15) is 13.8 Å². The standard InChI is InChI=1S/C21H30N2O3S/c1-20(2)12-13-21(3,4)16-27(26,15-20)23-19(25)11-10-18(24)22-14-17-8-6-5-7-9-17/h5-9,12-13H,10-11,14-16H2,1-4H3,(H,22,24). The van der Waals surface area contributed by atoms with Crippen molar-refractivity contribution in [2.24, 2.45) is 15.2 Å². The molecule has 0 aromatic heterocycles. The fourth-order valence-corrected chi connectivity index (χ4v) is 6.37. The largest absolute Gasteiger partial charge is 0.352 e. The molecule has 1 aliphatic heterocycles. The number of hydrogen-bond acceptors (Lipinski definition) is 3. The number of rotatable bonds is 5. The van der Waals surface area contributed by atoms with Gasteiger partial charge in [-0.1, -0.05) is 70.2 Å². The van der Waals surface area contributed by atoms with Gasteiger partial charge in [0.1, 0.15) is 0 Å². The molecule has 0 atom stereocenters. The molecule has 5 nitrogen and oxygen atoms in total. The molecule has 1 aromatic carbocycles. The molecule has 0 saturated carbocycles. The van der Waals surface area contributed by atoms with Gasteiger partial charge in [0.05, 0.1) is 9.73 Å². The van der Waals surface area contributed by atoms with E-state index in [0.717, 1.165) is 5.56 Å². The van der Waals surface area contributed by atoms with Crippen molar-refractivity contribution < 1.29 is 13.8 Å². The number of nitrogens with zero attached hydrogens (tertiary/aromatic N) is 1. The molecule has 6 heteroatoms. The molecule has 0 bridgehead atoms. The molecule has 2 amide bonds. The molecule has 0 aliphatic carbocycles. The summed E-state index contributed by atoms with van der Waals surface area (Å²) in [5, 5.41) is 2.79. The highest BCUT2D eigenvalue weighted by atomic mass is 32.2. The van der Waals surface area contributed by atoms with Crippen LogP contribution in [0.3, 0.4) is 0 Å². The van der Waals surface area contributed by atoms with E-state index in [4.69, 9.17) is 0 Å². The van der Waals surface area contributed by atoms with Crippen LogP contribution in [0.25, 0.3) is 0 Å². The van der Waals surface area contributed by atoms with Crippen LogP contribution in [0.2, 0.25) is 0 Å². The van der Waals surface area contributed by atoms with Crippen LogP contribution in [-0.4, -0.2) is 27.5 Å². The number of benzene rings is 1. The molecule has 1 N–H and O–H groups in total. The van der Waals surface area contributed by atoms with E-state index < -0.39 is 15.6 Å². The van der Waals surface area contributed by atoms with Gasteiger partial charge in [-0.05, 0) is 16.4 Å². The van der Waals surface area contributed by atoms with E-state index >= 15 is 0 Å². The van der Waals surface area contributed by atoms with Crippen molar-refractivity contribution in [3.8, 4) is 0 Å². The van der Waals surface area contributed by atoms with Crippen molar-refractivity contribution in [3.63, 3.8) is 0 Å². The van der Waals surface area contributed by atoms with Crippen molar-refractivity contribution in [1.29, 1.82) is 0 Å². The monoisotopic (exact) mass is 390 g/mol. The highest BCUT2D eigenvalue weighted by Gasteiger charge is 2.32. The summed E-state index contributed by atoms with van der Waals surface area (Å²) < 4.78 is 17.4. The van der Waals surface area contributed by atoms with Crippen molar-refractivity contribution in [2.75, 3.05) is 11.5 Å². The maximum Gasteiger partial charge on any atom is 0.254 e. The average Bonchev–Trinajstić information content (AvgIpc) is 2.64. The number of nitrogens with one attached hydrogen (secondary N) is 1. The Morgan fingerprint density at radius 1 is 1.00 bits per heavy atom. The molecule has 1 aromatic rings. The third-order valence-corrected chi connectivity index (χ3v) is 7.27. The molecular weight excluding hydrogens is 360 g/mol. The summed E-state index contributed by atoms with van der Waals surface area (Å²) in [4.78, 5) is 24.3. The van der Waals surface area contributed by atoms with Gasteiger partial charge in [-0.25, -0.2) is 4.21 Å². The summed E-state index contributed by atoms with van der Waals surface area (Å²) in [5.41, 5.74) is 0.448. The van der Waals surface area contributed by atoms with Crippen LogP contribution in [-0.2, 0) is 25.9 Å². The Kier molecular flexibility index (Phi) is 6.63. The Labute approximate surface area is 162 Å². The predicted octanol–water partition coefficient (Wildman–Crippen LogP) is 3.70. The number of allylic oxidation sites excluding steroid dienone is 2. The summed E-state index contributed by atoms with van der Waals surface area (Å²) in [5.74, 6) is 0.0430. The molecule has 0 spiro atoms. The second-order valence-electron chi connectivity index (χ2n) is 8.62. The molecule has 148 valence electrons. The van der Waals surface area contributed by atoms with E-state index in [1.54, 1.807) is 0 Å². The average molecular weight is 391 g/mol. The topological polar surface area (TPSA) is 75.6 Å². The lowest BCUT2D eigenvalue weighted by atomic mass is 9.89. The van der Waals surface area contributed by atoms with Crippen LogP contribution < -0.4 is 5.32 Å². The fraction of sp³-hybridized carbons (Fsp3) is 0.524. The van der Waals surface area contributed by atoms with Crippen molar-refractivity contribution >= 4 is 21.5 Å². The van der Waals surface area contributed by atoms with Crippen LogP contribution in [0, 0.1) is 10.8 Å². The first kappa shape index (κ1) is 21.4. The minimum Gasteiger partial charge on any atom is -0.352 e. The van der Waals surface area contributed by atoms with Gasteiger partial charge in [0.2, 0.25) is 5.91 Å².